The van der Waals surface area contributed by atoms with Gasteiger partial charge in [-0.1, -0.05) is 18.2 Å². The van der Waals surface area contributed by atoms with E-state index in [0.717, 1.165) is 27.2 Å². The molecule has 2 aromatic carbocycles. The molecule has 1 N–H and O–H groups in total. The highest BCUT2D eigenvalue weighted by Crippen LogP contribution is 2.44. The van der Waals surface area contributed by atoms with Crippen LogP contribution in [-0.4, -0.2) is 36.2 Å². The predicted molar refractivity (Wildman–Crippen MR) is 121 cm³/mol. The van der Waals surface area contributed by atoms with Crippen molar-refractivity contribution in [3.63, 3.8) is 0 Å². The van der Waals surface area contributed by atoms with E-state index in [2.05, 4.69) is 4.98 Å². The van der Waals surface area contributed by atoms with Gasteiger partial charge in [0, 0.05) is 34.3 Å². The van der Waals surface area contributed by atoms with Crippen molar-refractivity contribution in [3.05, 3.63) is 89.3 Å². The average molecular weight is 452 g/mol. The minimum absolute atomic E-state index is 0.0466. The largest absolute Gasteiger partial charge is 0.317 e. The summed E-state index contributed by atoms with van der Waals surface area (Å²) in [7, 11) is -1.06. The number of allylic oxidation sites excluding steroid dienone is 2. The minimum Gasteiger partial charge on any atom is -0.317 e. The molecule has 0 saturated carbocycles. The molecule has 0 fully saturated rings. The lowest BCUT2D eigenvalue weighted by atomic mass is 10.0. The van der Waals surface area contributed by atoms with Crippen molar-refractivity contribution in [2.75, 3.05) is 6.26 Å². The summed E-state index contributed by atoms with van der Waals surface area (Å²) in [6, 6.07) is 11.9. The zero-order valence-corrected chi connectivity index (χ0v) is 18.5. The summed E-state index contributed by atoms with van der Waals surface area (Å²) in [5.74, 6) is -0.893. The Hall–Kier alpha value is -3.36. The van der Waals surface area contributed by atoms with E-state index >= 15 is 0 Å². The molecule has 1 atom stereocenters. The number of fused-ring (bicyclic) bond motifs is 1. The van der Waals surface area contributed by atoms with Crippen LogP contribution in [0.1, 0.15) is 30.0 Å². The molecule has 1 unspecified atom stereocenters. The Labute approximate surface area is 187 Å². The van der Waals surface area contributed by atoms with Crippen molar-refractivity contribution >= 4 is 33.9 Å². The number of amides is 1. The van der Waals surface area contributed by atoms with Crippen LogP contribution in [0.4, 0.5) is 4.39 Å². The summed E-state index contributed by atoms with van der Waals surface area (Å²) in [6.45, 7) is 1.84. The fourth-order valence-corrected chi connectivity index (χ4v) is 4.27. The van der Waals surface area contributed by atoms with Gasteiger partial charge in [0.15, 0.2) is 0 Å². The third-order valence-corrected chi connectivity index (χ3v) is 6.38. The normalized spacial score (nSPS) is 15.2. The van der Waals surface area contributed by atoms with E-state index < -0.39 is 22.5 Å². The van der Waals surface area contributed by atoms with E-state index in [1.807, 2.05) is 37.3 Å². The van der Waals surface area contributed by atoms with Crippen molar-refractivity contribution in [2.45, 2.75) is 24.9 Å². The Morgan fingerprint density at radius 1 is 1.22 bits per heavy atom. The number of hydroxylamine groups is 2. The number of imidazole rings is 1. The molecule has 1 aliphatic carbocycles. The Morgan fingerprint density at radius 2 is 1.97 bits per heavy atom. The van der Waals surface area contributed by atoms with Crippen molar-refractivity contribution < 1.29 is 18.6 Å². The Morgan fingerprint density at radius 3 is 2.62 bits per heavy atom. The molecule has 1 amide bonds. The fourth-order valence-electron chi connectivity index (χ4n) is 3.75. The maximum atomic E-state index is 14.1. The first-order valence-corrected chi connectivity index (χ1v) is 11.5. The van der Waals surface area contributed by atoms with Gasteiger partial charge in [0.1, 0.15) is 12.5 Å². The topological polar surface area (TPSA) is 75.4 Å². The maximum Gasteiger partial charge on any atom is 0.252 e. The monoisotopic (exact) mass is 451 g/mol. The molecule has 1 aliphatic rings. The molecule has 0 spiro atoms. The summed E-state index contributed by atoms with van der Waals surface area (Å²) in [5.41, 5.74) is 4.77. The van der Waals surface area contributed by atoms with Crippen molar-refractivity contribution in [1.82, 2.24) is 14.6 Å². The molecule has 0 radical (unpaired) electrons. The van der Waals surface area contributed by atoms with Crippen LogP contribution in [0.25, 0.3) is 17.2 Å². The van der Waals surface area contributed by atoms with Gasteiger partial charge in [0.05, 0.1) is 12.7 Å². The molecule has 0 bridgehead atoms. The summed E-state index contributed by atoms with van der Waals surface area (Å²) >= 11 is 0. The van der Waals surface area contributed by atoms with Crippen LogP contribution in [0, 0.1) is 5.82 Å². The summed E-state index contributed by atoms with van der Waals surface area (Å²) in [6.07, 6.45) is 8.22. The standard InChI is InChI=1S/C24H22FN3O3S/c1-16-21(11-17-3-6-19(7-4-17)32(2)31)20-8-5-18(25)12-23(20)22(16)13-24(29)28(30)15-27-10-9-26-14-27/h3-12,14,30H,13,15H2,1-2H3. The third-order valence-electron chi connectivity index (χ3n) is 5.45. The number of carbonyl (C=O) groups excluding carboxylic acids is 1. The third kappa shape index (κ3) is 4.46. The van der Waals surface area contributed by atoms with Crippen LogP contribution in [0.15, 0.2) is 71.7 Å². The maximum absolute atomic E-state index is 14.1. The fraction of sp³-hybridized carbons (Fsp3) is 0.167. The summed E-state index contributed by atoms with van der Waals surface area (Å²) in [4.78, 5) is 17.3. The highest BCUT2D eigenvalue weighted by Gasteiger charge is 2.27. The van der Waals surface area contributed by atoms with E-state index in [1.165, 1.54) is 18.5 Å². The SMILES string of the molecule is CC1=C(CC(=O)N(O)Cn2ccnc2)c2cc(F)ccc2C1=Cc1ccc(S(C)=O)cc1. The molecule has 1 aromatic heterocycles. The zero-order valence-electron chi connectivity index (χ0n) is 17.7. The molecule has 8 heteroatoms. The highest BCUT2D eigenvalue weighted by atomic mass is 32.2. The Bertz CT molecular complexity index is 1250. The van der Waals surface area contributed by atoms with Gasteiger partial charge in [-0.05, 0) is 70.7 Å². The molecular formula is C24H22FN3O3S. The minimum atomic E-state index is -1.06. The molecule has 3 aromatic rings. The van der Waals surface area contributed by atoms with E-state index in [-0.39, 0.29) is 13.1 Å². The Balaban J connectivity index is 1.66. The van der Waals surface area contributed by atoms with E-state index in [9.17, 15) is 18.6 Å². The van der Waals surface area contributed by atoms with Crippen molar-refractivity contribution in [1.29, 1.82) is 0 Å². The van der Waals surface area contributed by atoms with Crippen LogP contribution in [0.3, 0.4) is 0 Å². The molecule has 6 nitrogen and oxygen atoms in total. The Kier molecular flexibility index (Phi) is 6.16. The van der Waals surface area contributed by atoms with Gasteiger partial charge in [-0.3, -0.25) is 14.2 Å². The lowest BCUT2D eigenvalue weighted by molar-refractivity contribution is -0.171. The molecule has 164 valence electrons. The smallest absolute Gasteiger partial charge is 0.252 e. The van der Waals surface area contributed by atoms with Gasteiger partial charge >= 0.3 is 0 Å². The zero-order chi connectivity index (χ0) is 22.8. The van der Waals surface area contributed by atoms with Crippen LogP contribution in [0.2, 0.25) is 0 Å². The quantitative estimate of drug-likeness (QED) is 0.447. The van der Waals surface area contributed by atoms with Crippen LogP contribution < -0.4 is 0 Å². The number of nitrogens with zero attached hydrogens (tertiary/aromatic N) is 3. The molecular weight excluding hydrogens is 429 g/mol. The van der Waals surface area contributed by atoms with Gasteiger partial charge in [-0.25, -0.2) is 14.4 Å². The molecule has 1 heterocycles. The first-order chi connectivity index (χ1) is 15.3. The number of rotatable bonds is 6. The summed E-state index contributed by atoms with van der Waals surface area (Å²) < 4.78 is 27.3. The second-order valence-electron chi connectivity index (χ2n) is 7.56. The van der Waals surface area contributed by atoms with E-state index in [1.54, 1.807) is 29.3 Å². The van der Waals surface area contributed by atoms with Crippen LogP contribution in [-0.2, 0) is 22.3 Å². The van der Waals surface area contributed by atoms with Crippen molar-refractivity contribution in [2.24, 2.45) is 0 Å². The van der Waals surface area contributed by atoms with Gasteiger partial charge in [0.25, 0.3) is 5.91 Å². The first-order valence-electron chi connectivity index (χ1n) is 9.94. The lowest BCUT2D eigenvalue weighted by Crippen LogP contribution is -2.29. The highest BCUT2D eigenvalue weighted by molar-refractivity contribution is 7.84. The number of carbonyl (C=O) groups is 1. The average Bonchev–Trinajstić information content (AvgIpc) is 3.36. The van der Waals surface area contributed by atoms with E-state index in [0.29, 0.717) is 16.2 Å². The lowest BCUT2D eigenvalue weighted by Gasteiger charge is -2.16. The van der Waals surface area contributed by atoms with Gasteiger partial charge in [-0.2, -0.15) is 0 Å². The number of hydrogen-bond donors (Lipinski definition) is 1. The molecule has 4 rings (SSSR count). The molecule has 32 heavy (non-hydrogen) atoms. The van der Waals surface area contributed by atoms with Gasteiger partial charge < -0.3 is 4.57 Å². The van der Waals surface area contributed by atoms with Gasteiger partial charge in [0.2, 0.25) is 0 Å². The van der Waals surface area contributed by atoms with Crippen molar-refractivity contribution in [3.8, 4) is 0 Å². The predicted octanol–water partition coefficient (Wildman–Crippen LogP) is 4.35. The number of aromatic nitrogens is 2. The molecule has 0 aliphatic heterocycles. The number of hydrogen-bond acceptors (Lipinski definition) is 4. The number of halogens is 1. The van der Waals surface area contributed by atoms with E-state index in [4.69, 9.17) is 0 Å². The van der Waals surface area contributed by atoms with Gasteiger partial charge in [-0.15, -0.1) is 0 Å². The first kappa shape index (κ1) is 21.9. The van der Waals surface area contributed by atoms with Crippen LogP contribution in [0.5, 0.6) is 0 Å². The molecule has 0 saturated heterocycles. The number of benzene rings is 2. The summed E-state index contributed by atoms with van der Waals surface area (Å²) in [5, 5.41) is 10.8. The second kappa shape index (κ2) is 9.02. The second-order valence-corrected chi connectivity index (χ2v) is 8.94. The van der Waals surface area contributed by atoms with Crippen LogP contribution >= 0.6 is 0 Å².